The van der Waals surface area contributed by atoms with Gasteiger partial charge in [0, 0.05) is 18.5 Å². The Morgan fingerprint density at radius 1 is 1.60 bits per heavy atom. The molecule has 1 heterocycles. The van der Waals surface area contributed by atoms with E-state index in [-0.39, 0.29) is 0 Å². The number of rotatable bonds is 3. The van der Waals surface area contributed by atoms with Crippen LogP contribution in [-0.4, -0.2) is 11.2 Å². The zero-order chi connectivity index (χ0) is 7.40. The minimum atomic E-state index is 0.676. The van der Waals surface area contributed by atoms with Crippen LogP contribution in [0.3, 0.4) is 0 Å². The highest BCUT2D eigenvalue weighted by Crippen LogP contribution is 1.99. The second-order valence-electron chi connectivity index (χ2n) is 2.24. The quantitative estimate of drug-likeness (QED) is 0.622. The Labute approximate surface area is 61.4 Å². The first-order valence-corrected chi connectivity index (χ1v) is 3.54. The fourth-order valence-electron chi connectivity index (χ4n) is 0.834. The third kappa shape index (κ3) is 1.61. The molecule has 0 bridgehead atoms. The highest BCUT2D eigenvalue weighted by molar-refractivity contribution is 5.03. The molecule has 0 unspecified atom stereocenters. The van der Waals surface area contributed by atoms with E-state index in [0.717, 1.165) is 6.61 Å². The van der Waals surface area contributed by atoms with Crippen LogP contribution in [0.1, 0.15) is 12.6 Å². The van der Waals surface area contributed by atoms with E-state index in [0.29, 0.717) is 6.73 Å². The molecule has 2 heteroatoms. The van der Waals surface area contributed by atoms with Crippen LogP contribution in [0.2, 0.25) is 0 Å². The lowest BCUT2D eigenvalue weighted by Gasteiger charge is -2.04. The lowest BCUT2D eigenvalue weighted by molar-refractivity contribution is 0.0868. The van der Waals surface area contributed by atoms with Crippen molar-refractivity contribution in [2.24, 2.45) is 0 Å². The van der Waals surface area contributed by atoms with Crippen molar-refractivity contribution in [3.63, 3.8) is 0 Å². The Balaban J connectivity index is 2.49. The maximum Gasteiger partial charge on any atom is 0.122 e. The molecule has 0 aliphatic heterocycles. The summed E-state index contributed by atoms with van der Waals surface area (Å²) in [5, 5.41) is 0. The molecule has 0 saturated heterocycles. The number of ether oxygens (including phenoxy) is 1. The molecule has 56 valence electrons. The van der Waals surface area contributed by atoms with E-state index in [1.54, 1.807) is 0 Å². The molecule has 0 aromatic carbocycles. The molecule has 0 amide bonds. The van der Waals surface area contributed by atoms with E-state index in [2.05, 4.69) is 17.6 Å². The Morgan fingerprint density at radius 2 is 2.40 bits per heavy atom. The number of aromatic nitrogens is 1. The van der Waals surface area contributed by atoms with Gasteiger partial charge in [-0.3, -0.25) is 0 Å². The van der Waals surface area contributed by atoms with Crippen molar-refractivity contribution < 1.29 is 4.74 Å². The smallest absolute Gasteiger partial charge is 0.122 e. The third-order valence-electron chi connectivity index (χ3n) is 1.49. The molecular formula is C8H13NO. The molecule has 1 aromatic rings. The predicted octanol–water partition coefficient (Wildman–Crippen LogP) is 1.79. The van der Waals surface area contributed by atoms with Crippen molar-refractivity contribution in [3.8, 4) is 0 Å². The molecule has 1 aromatic heterocycles. The Morgan fingerprint density at radius 3 is 2.90 bits per heavy atom. The summed E-state index contributed by atoms with van der Waals surface area (Å²) in [6.45, 7) is 5.52. The predicted molar refractivity (Wildman–Crippen MR) is 40.8 cm³/mol. The summed E-state index contributed by atoms with van der Waals surface area (Å²) in [5.74, 6) is 0. The second-order valence-corrected chi connectivity index (χ2v) is 2.24. The van der Waals surface area contributed by atoms with Gasteiger partial charge in [0.25, 0.3) is 0 Å². The van der Waals surface area contributed by atoms with Gasteiger partial charge in [0.2, 0.25) is 0 Å². The van der Waals surface area contributed by atoms with Crippen molar-refractivity contribution in [2.75, 3.05) is 6.61 Å². The number of hydrogen-bond acceptors (Lipinski definition) is 1. The van der Waals surface area contributed by atoms with Gasteiger partial charge in [-0.2, -0.15) is 0 Å². The van der Waals surface area contributed by atoms with Crippen LogP contribution in [-0.2, 0) is 11.5 Å². The van der Waals surface area contributed by atoms with E-state index < -0.39 is 0 Å². The van der Waals surface area contributed by atoms with Gasteiger partial charge in [-0.25, -0.2) is 0 Å². The SMILES string of the molecule is CCOCn1cccc1C. The van der Waals surface area contributed by atoms with Gasteiger partial charge < -0.3 is 9.30 Å². The number of nitrogens with zero attached hydrogens (tertiary/aromatic N) is 1. The van der Waals surface area contributed by atoms with Crippen molar-refractivity contribution in [3.05, 3.63) is 24.0 Å². The normalized spacial score (nSPS) is 10.2. The van der Waals surface area contributed by atoms with Crippen LogP contribution in [0, 0.1) is 6.92 Å². The van der Waals surface area contributed by atoms with E-state index in [9.17, 15) is 0 Å². The minimum absolute atomic E-state index is 0.676. The molecule has 10 heavy (non-hydrogen) atoms. The average Bonchev–Trinajstić information content (AvgIpc) is 2.31. The topological polar surface area (TPSA) is 14.2 Å². The van der Waals surface area contributed by atoms with E-state index in [1.807, 2.05) is 19.2 Å². The van der Waals surface area contributed by atoms with Crippen molar-refractivity contribution in [1.29, 1.82) is 0 Å². The summed E-state index contributed by atoms with van der Waals surface area (Å²) in [4.78, 5) is 0. The van der Waals surface area contributed by atoms with Crippen LogP contribution >= 0.6 is 0 Å². The second kappa shape index (κ2) is 3.42. The maximum atomic E-state index is 5.22. The highest BCUT2D eigenvalue weighted by atomic mass is 16.5. The van der Waals surface area contributed by atoms with Gasteiger partial charge in [-0.15, -0.1) is 0 Å². The van der Waals surface area contributed by atoms with E-state index in [4.69, 9.17) is 4.74 Å². The van der Waals surface area contributed by atoms with Crippen LogP contribution in [0.4, 0.5) is 0 Å². The van der Waals surface area contributed by atoms with Crippen molar-refractivity contribution >= 4 is 0 Å². The summed E-state index contributed by atoms with van der Waals surface area (Å²) < 4.78 is 7.29. The third-order valence-corrected chi connectivity index (χ3v) is 1.49. The van der Waals surface area contributed by atoms with Gasteiger partial charge in [0.05, 0.1) is 0 Å². The summed E-state index contributed by atoms with van der Waals surface area (Å²) in [7, 11) is 0. The standard InChI is InChI=1S/C8H13NO/c1-3-10-7-9-6-4-5-8(9)2/h4-6H,3,7H2,1-2H3. The summed E-state index contributed by atoms with van der Waals surface area (Å²) in [6.07, 6.45) is 2.02. The first-order valence-electron chi connectivity index (χ1n) is 3.54. The molecule has 0 radical (unpaired) electrons. The zero-order valence-corrected chi connectivity index (χ0v) is 6.50. The molecular weight excluding hydrogens is 126 g/mol. The van der Waals surface area contributed by atoms with Crippen LogP contribution in [0.5, 0.6) is 0 Å². The zero-order valence-electron chi connectivity index (χ0n) is 6.50. The lowest BCUT2D eigenvalue weighted by atomic mass is 10.5. The monoisotopic (exact) mass is 139 g/mol. The molecule has 2 nitrogen and oxygen atoms in total. The van der Waals surface area contributed by atoms with Gasteiger partial charge in [-0.1, -0.05) is 0 Å². The van der Waals surface area contributed by atoms with Crippen LogP contribution < -0.4 is 0 Å². The average molecular weight is 139 g/mol. The molecule has 0 saturated carbocycles. The summed E-state index contributed by atoms with van der Waals surface area (Å²) >= 11 is 0. The first-order chi connectivity index (χ1) is 4.84. The van der Waals surface area contributed by atoms with Gasteiger partial charge in [-0.05, 0) is 26.0 Å². The Bertz CT molecular complexity index is 193. The maximum absolute atomic E-state index is 5.22. The largest absolute Gasteiger partial charge is 0.361 e. The van der Waals surface area contributed by atoms with Crippen LogP contribution in [0.15, 0.2) is 18.3 Å². The molecule has 0 atom stereocenters. The summed E-state index contributed by atoms with van der Waals surface area (Å²) in [6, 6.07) is 4.09. The van der Waals surface area contributed by atoms with Gasteiger partial charge >= 0.3 is 0 Å². The molecule has 0 fully saturated rings. The van der Waals surface area contributed by atoms with E-state index in [1.165, 1.54) is 5.69 Å². The van der Waals surface area contributed by atoms with E-state index >= 15 is 0 Å². The van der Waals surface area contributed by atoms with Gasteiger partial charge in [0.15, 0.2) is 0 Å². The Hall–Kier alpha value is -0.760. The lowest BCUT2D eigenvalue weighted by Crippen LogP contribution is -2.01. The molecule has 1 rings (SSSR count). The van der Waals surface area contributed by atoms with Gasteiger partial charge in [0.1, 0.15) is 6.73 Å². The van der Waals surface area contributed by atoms with Crippen molar-refractivity contribution in [2.45, 2.75) is 20.6 Å². The number of aryl methyl sites for hydroxylation is 1. The fraction of sp³-hybridized carbons (Fsp3) is 0.500. The fourth-order valence-corrected chi connectivity index (χ4v) is 0.834. The molecule has 0 N–H and O–H groups in total. The minimum Gasteiger partial charge on any atom is -0.361 e. The molecule has 0 aliphatic carbocycles. The van der Waals surface area contributed by atoms with Crippen LogP contribution in [0.25, 0.3) is 0 Å². The Kier molecular flexibility index (Phi) is 2.51. The first kappa shape index (κ1) is 7.35. The molecule has 0 aliphatic rings. The summed E-state index contributed by atoms with van der Waals surface area (Å²) in [5.41, 5.74) is 1.24. The molecule has 0 spiro atoms. The number of hydrogen-bond donors (Lipinski definition) is 0. The van der Waals surface area contributed by atoms with Crippen molar-refractivity contribution in [1.82, 2.24) is 4.57 Å². The highest BCUT2D eigenvalue weighted by Gasteiger charge is 1.91.